The number of anilines is 1. The maximum atomic E-state index is 14.3. The predicted molar refractivity (Wildman–Crippen MR) is 142 cm³/mol. The van der Waals surface area contributed by atoms with Crippen molar-refractivity contribution in [2.45, 2.75) is 16.7 Å². The van der Waals surface area contributed by atoms with Crippen molar-refractivity contribution in [3.05, 3.63) is 104 Å². The van der Waals surface area contributed by atoms with E-state index in [4.69, 9.17) is 58.0 Å². The highest BCUT2D eigenvalue weighted by Gasteiger charge is 2.67. The molecule has 10 heteroatoms. The van der Waals surface area contributed by atoms with Gasteiger partial charge in [0.1, 0.15) is 16.0 Å². The molecule has 2 atom stereocenters. The molecule has 2 unspecified atom stereocenters. The van der Waals surface area contributed by atoms with Crippen LogP contribution in [0.2, 0.25) is 15.1 Å². The molecule has 0 bridgehead atoms. The summed E-state index contributed by atoms with van der Waals surface area (Å²) in [5, 5.41) is 3.58. The van der Waals surface area contributed by atoms with Gasteiger partial charge in [-0.05, 0) is 53.6 Å². The number of alkyl halides is 2. The Labute approximate surface area is 230 Å². The van der Waals surface area contributed by atoms with E-state index in [-0.39, 0.29) is 33.8 Å². The number of Topliss-reactive ketones (excluding diaryl/α,β-unsaturated/α-hetero) is 1. The second-order valence-electron chi connectivity index (χ2n) is 8.33. The van der Waals surface area contributed by atoms with Crippen LogP contribution in [0, 0.1) is 11.7 Å². The van der Waals surface area contributed by atoms with E-state index in [1.807, 2.05) is 0 Å². The zero-order valence-corrected chi connectivity index (χ0v) is 22.0. The zero-order valence-electron chi connectivity index (χ0n) is 18.2. The first-order chi connectivity index (χ1) is 16.9. The summed E-state index contributed by atoms with van der Waals surface area (Å²) in [7, 11) is 0. The topological polar surface area (TPSA) is 46.2 Å². The molecule has 4 rings (SSSR count). The molecule has 0 saturated heterocycles. The Morgan fingerprint density at radius 1 is 0.972 bits per heavy atom. The van der Waals surface area contributed by atoms with Gasteiger partial charge in [-0.2, -0.15) is 0 Å². The van der Waals surface area contributed by atoms with Gasteiger partial charge in [-0.3, -0.25) is 9.59 Å². The molecule has 1 aliphatic carbocycles. The smallest absolute Gasteiger partial charge is 0.231 e. The third-order valence-corrected chi connectivity index (χ3v) is 7.54. The van der Waals surface area contributed by atoms with E-state index < -0.39 is 39.5 Å². The summed E-state index contributed by atoms with van der Waals surface area (Å²) < 4.78 is 26.2. The largest absolute Gasteiger partial charge is 0.326 e. The number of carbonyl (C=O) groups is 2. The first kappa shape index (κ1) is 26.9. The average Bonchev–Trinajstić information content (AvgIpc) is 3.37. The summed E-state index contributed by atoms with van der Waals surface area (Å²) >= 11 is 31.1. The Hall–Kier alpha value is -2.15. The number of hydrogen-bond acceptors (Lipinski definition) is 2. The molecule has 1 fully saturated rings. The van der Waals surface area contributed by atoms with Gasteiger partial charge in [0.25, 0.3) is 0 Å². The molecule has 1 saturated carbocycles. The normalized spacial score (nSPS) is 18.0. The number of ketones is 1. The van der Waals surface area contributed by atoms with Gasteiger partial charge in [0, 0.05) is 39.2 Å². The number of rotatable bonds is 7. The Morgan fingerprint density at radius 3 is 2.25 bits per heavy atom. The SMILES string of the molecule is C=C(F)c1ccc(CC(=O)c2cc(NC(=O)C3C(c4cc(Cl)cc(Cl)c4)C3(Cl)Cl)ccc2Cl)c(F)c1. The van der Waals surface area contributed by atoms with Gasteiger partial charge in [-0.1, -0.05) is 53.5 Å². The quantitative estimate of drug-likeness (QED) is 0.221. The summed E-state index contributed by atoms with van der Waals surface area (Å²) in [6.07, 6.45) is -0.325. The molecule has 0 heterocycles. The molecule has 0 aromatic heterocycles. The molecule has 1 amide bonds. The number of halogens is 7. The Balaban J connectivity index is 1.51. The molecule has 0 aliphatic heterocycles. The van der Waals surface area contributed by atoms with E-state index in [0.29, 0.717) is 15.6 Å². The molecule has 3 nitrogen and oxygen atoms in total. The molecule has 36 heavy (non-hydrogen) atoms. The third-order valence-electron chi connectivity index (χ3n) is 5.83. The average molecular weight is 590 g/mol. The van der Waals surface area contributed by atoms with Crippen LogP contribution in [0.3, 0.4) is 0 Å². The van der Waals surface area contributed by atoms with Crippen molar-refractivity contribution in [3.63, 3.8) is 0 Å². The summed E-state index contributed by atoms with van der Waals surface area (Å²) in [6, 6.07) is 12.8. The lowest BCUT2D eigenvalue weighted by Gasteiger charge is -2.10. The Morgan fingerprint density at radius 2 is 1.64 bits per heavy atom. The van der Waals surface area contributed by atoms with Crippen LogP contribution < -0.4 is 5.32 Å². The molecule has 3 aromatic carbocycles. The number of hydrogen-bond donors (Lipinski definition) is 1. The number of amides is 1. The molecule has 0 spiro atoms. The number of nitrogens with one attached hydrogen (secondary N) is 1. The number of benzene rings is 3. The van der Waals surface area contributed by atoms with Crippen molar-refractivity contribution in [1.82, 2.24) is 0 Å². The van der Waals surface area contributed by atoms with Crippen LogP contribution >= 0.6 is 58.0 Å². The second kappa shape index (κ2) is 10.3. The standard InChI is InChI=1S/C26H16Cl5F2NO2/c1-12(32)13-2-3-14(21(33)8-13)9-22(35)19-11-18(4-5-20(19)29)34-25(36)24-23(26(24,30)31)15-6-16(27)10-17(28)7-15/h2-8,10-11,23-24H,1,9H2,(H,34,36). The van der Waals surface area contributed by atoms with Gasteiger partial charge in [-0.15, -0.1) is 23.2 Å². The van der Waals surface area contributed by atoms with Gasteiger partial charge in [0.2, 0.25) is 5.91 Å². The first-order valence-electron chi connectivity index (χ1n) is 10.5. The van der Waals surface area contributed by atoms with Crippen LogP contribution in [0.4, 0.5) is 14.5 Å². The van der Waals surface area contributed by atoms with Crippen LogP contribution in [0.5, 0.6) is 0 Å². The molecule has 0 radical (unpaired) electrons. The second-order valence-corrected chi connectivity index (χ2v) is 11.1. The highest BCUT2D eigenvalue weighted by molar-refractivity contribution is 6.53. The molecule has 186 valence electrons. The molecular formula is C26H16Cl5F2NO2. The van der Waals surface area contributed by atoms with Gasteiger partial charge < -0.3 is 5.32 Å². The van der Waals surface area contributed by atoms with Crippen LogP contribution in [-0.4, -0.2) is 16.0 Å². The summed E-state index contributed by atoms with van der Waals surface area (Å²) in [6.45, 7) is 3.12. The van der Waals surface area contributed by atoms with Gasteiger partial charge in [-0.25, -0.2) is 8.78 Å². The lowest BCUT2D eigenvalue weighted by Crippen LogP contribution is -2.17. The molecule has 1 aliphatic rings. The lowest BCUT2D eigenvalue weighted by molar-refractivity contribution is -0.117. The fourth-order valence-corrected chi connectivity index (χ4v) is 5.58. The van der Waals surface area contributed by atoms with Gasteiger partial charge in [0.05, 0.1) is 10.9 Å². The maximum absolute atomic E-state index is 14.3. The minimum absolute atomic E-state index is 0.0143. The van der Waals surface area contributed by atoms with E-state index >= 15 is 0 Å². The predicted octanol–water partition coefficient (Wildman–Crippen LogP) is 8.68. The van der Waals surface area contributed by atoms with Crippen molar-refractivity contribution < 1.29 is 18.4 Å². The van der Waals surface area contributed by atoms with Crippen LogP contribution in [-0.2, 0) is 11.2 Å². The summed E-state index contributed by atoms with van der Waals surface area (Å²) in [5.74, 6) is -3.85. The van der Waals surface area contributed by atoms with E-state index in [9.17, 15) is 18.4 Å². The van der Waals surface area contributed by atoms with Crippen molar-refractivity contribution in [1.29, 1.82) is 0 Å². The molecular weight excluding hydrogens is 574 g/mol. The van der Waals surface area contributed by atoms with Crippen molar-refractivity contribution in [2.75, 3.05) is 5.32 Å². The summed E-state index contributed by atoms with van der Waals surface area (Å²) in [4.78, 5) is 25.9. The number of carbonyl (C=O) groups excluding carboxylic acids is 2. The van der Waals surface area contributed by atoms with Gasteiger partial charge in [0.15, 0.2) is 5.78 Å². The van der Waals surface area contributed by atoms with Crippen LogP contribution in [0.1, 0.15) is 33.0 Å². The third kappa shape index (κ3) is 5.56. The maximum Gasteiger partial charge on any atom is 0.231 e. The van der Waals surface area contributed by atoms with E-state index in [1.165, 1.54) is 30.3 Å². The Kier molecular flexibility index (Phi) is 7.70. The van der Waals surface area contributed by atoms with E-state index in [0.717, 1.165) is 6.07 Å². The van der Waals surface area contributed by atoms with Crippen molar-refractivity contribution >= 4 is 81.2 Å². The van der Waals surface area contributed by atoms with Crippen LogP contribution in [0.25, 0.3) is 5.83 Å². The first-order valence-corrected chi connectivity index (χ1v) is 12.4. The Bertz CT molecular complexity index is 1390. The highest BCUT2D eigenvalue weighted by atomic mass is 35.5. The van der Waals surface area contributed by atoms with Gasteiger partial charge >= 0.3 is 0 Å². The van der Waals surface area contributed by atoms with Crippen molar-refractivity contribution in [2.24, 2.45) is 5.92 Å². The minimum Gasteiger partial charge on any atom is -0.326 e. The zero-order chi connectivity index (χ0) is 26.4. The molecule has 3 aromatic rings. The minimum atomic E-state index is -1.38. The van der Waals surface area contributed by atoms with E-state index in [2.05, 4.69) is 11.9 Å². The highest BCUT2D eigenvalue weighted by Crippen LogP contribution is 2.65. The fourth-order valence-electron chi connectivity index (χ4n) is 3.99. The van der Waals surface area contributed by atoms with Crippen molar-refractivity contribution in [3.8, 4) is 0 Å². The molecule has 1 N–H and O–H groups in total. The fraction of sp³-hybridized carbons (Fsp3) is 0.154. The monoisotopic (exact) mass is 587 g/mol. The van der Waals surface area contributed by atoms with E-state index in [1.54, 1.807) is 18.2 Å². The van der Waals surface area contributed by atoms with Crippen LogP contribution in [0.15, 0.2) is 61.2 Å². The lowest BCUT2D eigenvalue weighted by atomic mass is 10.0. The summed E-state index contributed by atoms with van der Waals surface area (Å²) in [5.41, 5.74) is 1.01.